The molecule has 0 radical (unpaired) electrons. The van der Waals surface area contributed by atoms with E-state index >= 15 is 0 Å². The van der Waals surface area contributed by atoms with Crippen LogP contribution < -0.4 is 0 Å². The molecule has 0 saturated carbocycles. The molecule has 1 saturated heterocycles. The van der Waals surface area contributed by atoms with E-state index in [0.29, 0.717) is 6.10 Å². The molecule has 114 valence electrons. The summed E-state index contributed by atoms with van der Waals surface area (Å²) in [5, 5.41) is 0. The monoisotopic (exact) mass is 270 g/mol. The van der Waals surface area contributed by atoms with Crippen molar-refractivity contribution in [1.29, 1.82) is 0 Å². The lowest BCUT2D eigenvalue weighted by Gasteiger charge is -2.05. The van der Waals surface area contributed by atoms with E-state index in [9.17, 15) is 0 Å². The Morgan fingerprint density at radius 1 is 0.895 bits per heavy atom. The summed E-state index contributed by atoms with van der Waals surface area (Å²) >= 11 is 0. The molecule has 2 nitrogen and oxygen atoms in total. The second kappa shape index (κ2) is 11.7. The largest absolute Gasteiger partial charge is 0.379 e. The zero-order valence-corrected chi connectivity index (χ0v) is 13.2. The number of unbranched alkanes of at least 4 members (excludes halogenated alkanes) is 8. The number of epoxide rings is 1. The van der Waals surface area contributed by atoms with Gasteiger partial charge in [0.25, 0.3) is 0 Å². The van der Waals surface area contributed by atoms with Gasteiger partial charge in [-0.1, -0.05) is 71.6 Å². The van der Waals surface area contributed by atoms with Crippen LogP contribution >= 0.6 is 0 Å². The van der Waals surface area contributed by atoms with Crippen LogP contribution in [0.3, 0.4) is 0 Å². The molecule has 2 heteroatoms. The second-order valence-electron chi connectivity index (χ2n) is 6.39. The maximum atomic E-state index is 5.52. The minimum atomic E-state index is 0.427. The Labute approximate surface area is 120 Å². The summed E-state index contributed by atoms with van der Waals surface area (Å²) in [6, 6.07) is 0. The first kappa shape index (κ1) is 17.0. The minimum Gasteiger partial charge on any atom is -0.379 e. The Bertz CT molecular complexity index is 176. The van der Waals surface area contributed by atoms with Crippen LogP contribution in [0.2, 0.25) is 0 Å². The van der Waals surface area contributed by atoms with E-state index in [1.54, 1.807) is 0 Å². The Hall–Kier alpha value is -0.0800. The quantitative estimate of drug-likeness (QED) is 0.329. The SMILES string of the molecule is CC(C)CCCCCCCCCCCOCC1CO1. The van der Waals surface area contributed by atoms with Crippen molar-refractivity contribution in [1.82, 2.24) is 0 Å². The fourth-order valence-electron chi connectivity index (χ4n) is 2.37. The van der Waals surface area contributed by atoms with Gasteiger partial charge in [0.05, 0.1) is 13.2 Å². The number of rotatable bonds is 14. The first-order valence-electron chi connectivity index (χ1n) is 8.48. The predicted octanol–water partition coefficient (Wildman–Crippen LogP) is 4.96. The molecular weight excluding hydrogens is 236 g/mol. The van der Waals surface area contributed by atoms with Gasteiger partial charge < -0.3 is 9.47 Å². The lowest BCUT2D eigenvalue weighted by Crippen LogP contribution is -2.02. The lowest BCUT2D eigenvalue weighted by atomic mass is 10.0. The van der Waals surface area contributed by atoms with Crippen LogP contribution in [0.1, 0.15) is 78.1 Å². The Kier molecular flexibility index (Phi) is 10.5. The minimum absolute atomic E-state index is 0.427. The Balaban J connectivity index is 1.62. The van der Waals surface area contributed by atoms with Crippen LogP contribution in [0.5, 0.6) is 0 Å². The van der Waals surface area contributed by atoms with E-state index in [0.717, 1.165) is 25.7 Å². The summed E-state index contributed by atoms with van der Waals surface area (Å²) in [4.78, 5) is 0. The van der Waals surface area contributed by atoms with Crippen molar-refractivity contribution in [3.63, 3.8) is 0 Å². The van der Waals surface area contributed by atoms with Crippen molar-refractivity contribution >= 4 is 0 Å². The lowest BCUT2D eigenvalue weighted by molar-refractivity contribution is 0.113. The molecule has 0 bridgehead atoms. The van der Waals surface area contributed by atoms with E-state index < -0.39 is 0 Å². The third kappa shape index (κ3) is 12.7. The van der Waals surface area contributed by atoms with Crippen molar-refractivity contribution in [2.45, 2.75) is 84.2 Å². The molecule has 1 aliphatic rings. The summed E-state index contributed by atoms with van der Waals surface area (Å²) in [5.74, 6) is 0.883. The van der Waals surface area contributed by atoms with Gasteiger partial charge in [0.2, 0.25) is 0 Å². The number of ether oxygens (including phenoxy) is 2. The molecule has 0 aromatic carbocycles. The van der Waals surface area contributed by atoms with Crippen molar-refractivity contribution in [2.75, 3.05) is 19.8 Å². The molecule has 1 unspecified atom stereocenters. The predicted molar refractivity (Wildman–Crippen MR) is 81.6 cm³/mol. The smallest absolute Gasteiger partial charge is 0.104 e. The van der Waals surface area contributed by atoms with E-state index in [1.165, 1.54) is 64.2 Å². The number of hydrogen-bond donors (Lipinski definition) is 0. The first-order chi connectivity index (χ1) is 9.29. The van der Waals surface area contributed by atoms with E-state index in [2.05, 4.69) is 13.8 Å². The van der Waals surface area contributed by atoms with Crippen LogP contribution in [0.25, 0.3) is 0 Å². The molecule has 1 rings (SSSR count). The summed E-state index contributed by atoms with van der Waals surface area (Å²) in [7, 11) is 0. The Morgan fingerprint density at radius 3 is 1.95 bits per heavy atom. The van der Waals surface area contributed by atoms with E-state index in [1.807, 2.05) is 0 Å². The highest BCUT2D eigenvalue weighted by Gasteiger charge is 2.21. The van der Waals surface area contributed by atoms with Crippen molar-refractivity contribution in [2.24, 2.45) is 5.92 Å². The molecule has 0 aliphatic carbocycles. The molecule has 0 spiro atoms. The topological polar surface area (TPSA) is 21.8 Å². The van der Waals surface area contributed by atoms with Gasteiger partial charge in [0.1, 0.15) is 6.10 Å². The van der Waals surface area contributed by atoms with Gasteiger partial charge in [0, 0.05) is 6.61 Å². The molecular formula is C17H34O2. The molecule has 1 heterocycles. The van der Waals surface area contributed by atoms with Crippen molar-refractivity contribution < 1.29 is 9.47 Å². The summed E-state index contributed by atoms with van der Waals surface area (Å²) in [5.41, 5.74) is 0. The molecule has 1 fully saturated rings. The van der Waals surface area contributed by atoms with Crippen LogP contribution in [-0.4, -0.2) is 25.9 Å². The third-order valence-corrected chi connectivity index (χ3v) is 3.78. The Morgan fingerprint density at radius 2 is 1.42 bits per heavy atom. The molecule has 19 heavy (non-hydrogen) atoms. The zero-order valence-electron chi connectivity index (χ0n) is 13.2. The van der Waals surface area contributed by atoms with Gasteiger partial charge in [-0.2, -0.15) is 0 Å². The maximum Gasteiger partial charge on any atom is 0.104 e. The van der Waals surface area contributed by atoms with Crippen LogP contribution in [0, 0.1) is 5.92 Å². The summed E-state index contributed by atoms with van der Waals surface area (Å²) in [6.45, 7) is 7.30. The normalized spacial score (nSPS) is 18.2. The number of hydrogen-bond acceptors (Lipinski definition) is 2. The van der Waals surface area contributed by atoms with Crippen molar-refractivity contribution in [3.05, 3.63) is 0 Å². The molecule has 0 N–H and O–H groups in total. The standard InChI is InChI=1S/C17H34O2/c1-16(2)12-10-8-6-4-3-5-7-9-11-13-18-14-17-15-19-17/h16-17H,3-15H2,1-2H3. The maximum absolute atomic E-state index is 5.52. The van der Waals surface area contributed by atoms with E-state index in [-0.39, 0.29) is 0 Å². The van der Waals surface area contributed by atoms with Crippen LogP contribution in [0.15, 0.2) is 0 Å². The van der Waals surface area contributed by atoms with Gasteiger partial charge in [-0.15, -0.1) is 0 Å². The van der Waals surface area contributed by atoms with Gasteiger partial charge in [-0.25, -0.2) is 0 Å². The second-order valence-corrected chi connectivity index (χ2v) is 6.39. The molecule has 0 amide bonds. The molecule has 1 atom stereocenters. The summed E-state index contributed by atoms with van der Waals surface area (Å²) < 4.78 is 10.6. The fraction of sp³-hybridized carbons (Fsp3) is 1.00. The van der Waals surface area contributed by atoms with Gasteiger partial charge in [-0.3, -0.25) is 0 Å². The van der Waals surface area contributed by atoms with Gasteiger partial charge in [0.15, 0.2) is 0 Å². The molecule has 0 aromatic rings. The van der Waals surface area contributed by atoms with Crippen LogP contribution in [-0.2, 0) is 9.47 Å². The van der Waals surface area contributed by atoms with Crippen LogP contribution in [0.4, 0.5) is 0 Å². The first-order valence-corrected chi connectivity index (χ1v) is 8.48. The van der Waals surface area contributed by atoms with Crippen molar-refractivity contribution in [3.8, 4) is 0 Å². The average Bonchev–Trinajstić information content (AvgIpc) is 3.18. The average molecular weight is 270 g/mol. The van der Waals surface area contributed by atoms with E-state index in [4.69, 9.17) is 9.47 Å². The highest BCUT2D eigenvalue weighted by molar-refractivity contribution is 4.66. The highest BCUT2D eigenvalue weighted by atomic mass is 16.6. The highest BCUT2D eigenvalue weighted by Crippen LogP contribution is 2.13. The molecule has 1 aliphatic heterocycles. The van der Waals surface area contributed by atoms with Gasteiger partial charge in [-0.05, 0) is 12.3 Å². The van der Waals surface area contributed by atoms with Gasteiger partial charge >= 0.3 is 0 Å². The molecule has 0 aromatic heterocycles. The third-order valence-electron chi connectivity index (χ3n) is 3.78. The summed E-state index contributed by atoms with van der Waals surface area (Å²) in [6.07, 6.45) is 14.4. The fourth-order valence-corrected chi connectivity index (χ4v) is 2.37. The zero-order chi connectivity index (χ0) is 13.8.